The lowest BCUT2D eigenvalue weighted by Gasteiger charge is -2.18. The van der Waals surface area contributed by atoms with Gasteiger partial charge in [-0.2, -0.15) is 0 Å². The standard InChI is InChI=1S/C17H15BrN2O5/c1-25-16(21)10-15(11-5-7-13(18)8-6-11)19-17(22)12-3-2-4-14(9-12)20(23)24/h2-9,15H,10H2,1H3,(H,19,22). The summed E-state index contributed by atoms with van der Waals surface area (Å²) < 4.78 is 5.53. The number of ether oxygens (including phenoxy) is 1. The first-order chi connectivity index (χ1) is 11.9. The van der Waals surface area contributed by atoms with Crippen LogP contribution in [-0.4, -0.2) is 23.9 Å². The number of rotatable bonds is 6. The molecule has 1 atom stereocenters. The highest BCUT2D eigenvalue weighted by Crippen LogP contribution is 2.21. The Morgan fingerprint density at radius 1 is 1.24 bits per heavy atom. The van der Waals surface area contributed by atoms with Gasteiger partial charge in [-0.15, -0.1) is 0 Å². The predicted octanol–water partition coefficient (Wildman–Crippen LogP) is 3.39. The molecule has 0 saturated carbocycles. The number of halogens is 1. The van der Waals surface area contributed by atoms with Crippen molar-refractivity contribution in [1.29, 1.82) is 0 Å². The van der Waals surface area contributed by atoms with E-state index in [-0.39, 0.29) is 17.7 Å². The highest BCUT2D eigenvalue weighted by atomic mass is 79.9. The fraction of sp³-hybridized carbons (Fsp3) is 0.176. The van der Waals surface area contributed by atoms with Crippen LogP contribution in [-0.2, 0) is 9.53 Å². The average Bonchev–Trinajstić information content (AvgIpc) is 2.61. The average molecular weight is 407 g/mol. The molecule has 1 N–H and O–H groups in total. The first-order valence-electron chi connectivity index (χ1n) is 7.28. The molecular weight excluding hydrogens is 392 g/mol. The van der Waals surface area contributed by atoms with Crippen molar-refractivity contribution in [2.45, 2.75) is 12.5 Å². The van der Waals surface area contributed by atoms with Gasteiger partial charge in [0.1, 0.15) is 0 Å². The fourth-order valence-electron chi connectivity index (χ4n) is 2.20. The molecule has 0 fully saturated rings. The van der Waals surface area contributed by atoms with Crippen LogP contribution in [0.5, 0.6) is 0 Å². The van der Waals surface area contributed by atoms with Gasteiger partial charge in [0.15, 0.2) is 0 Å². The second kappa shape index (κ2) is 8.39. The number of hydrogen-bond donors (Lipinski definition) is 1. The van der Waals surface area contributed by atoms with Crippen LogP contribution in [0.15, 0.2) is 53.0 Å². The quantitative estimate of drug-likeness (QED) is 0.450. The molecule has 25 heavy (non-hydrogen) atoms. The fourth-order valence-corrected chi connectivity index (χ4v) is 2.46. The first kappa shape index (κ1) is 18.6. The smallest absolute Gasteiger partial charge is 0.307 e. The third-order valence-corrected chi connectivity index (χ3v) is 4.02. The molecule has 0 bridgehead atoms. The molecule has 2 aromatic rings. The van der Waals surface area contributed by atoms with Gasteiger partial charge in [-0.3, -0.25) is 19.7 Å². The van der Waals surface area contributed by atoms with E-state index in [2.05, 4.69) is 26.0 Å². The molecule has 0 spiro atoms. The van der Waals surface area contributed by atoms with Crippen molar-refractivity contribution < 1.29 is 19.2 Å². The molecule has 0 aliphatic rings. The number of nitrogens with one attached hydrogen (secondary N) is 1. The van der Waals surface area contributed by atoms with Crippen molar-refractivity contribution in [2.75, 3.05) is 7.11 Å². The number of carbonyl (C=O) groups excluding carboxylic acids is 2. The summed E-state index contributed by atoms with van der Waals surface area (Å²) in [5.74, 6) is -0.993. The summed E-state index contributed by atoms with van der Waals surface area (Å²) in [7, 11) is 1.27. The Morgan fingerprint density at radius 2 is 1.92 bits per heavy atom. The second-order valence-corrected chi connectivity index (χ2v) is 6.08. The summed E-state index contributed by atoms with van der Waals surface area (Å²) in [6.07, 6.45) is -0.0567. The van der Waals surface area contributed by atoms with E-state index in [1.165, 1.54) is 31.4 Å². The lowest BCUT2D eigenvalue weighted by molar-refractivity contribution is -0.384. The van der Waals surface area contributed by atoms with E-state index in [0.29, 0.717) is 5.56 Å². The third kappa shape index (κ3) is 5.12. The van der Waals surface area contributed by atoms with Crippen molar-refractivity contribution in [3.63, 3.8) is 0 Å². The van der Waals surface area contributed by atoms with E-state index in [0.717, 1.165) is 4.47 Å². The van der Waals surface area contributed by atoms with Crippen molar-refractivity contribution in [2.24, 2.45) is 0 Å². The topological polar surface area (TPSA) is 98.5 Å². The number of carbonyl (C=O) groups is 2. The molecule has 2 rings (SSSR count). The minimum Gasteiger partial charge on any atom is -0.469 e. The van der Waals surface area contributed by atoms with Crippen molar-refractivity contribution in [3.05, 3.63) is 74.2 Å². The maximum Gasteiger partial charge on any atom is 0.307 e. The molecule has 0 aromatic heterocycles. The van der Waals surface area contributed by atoms with Crippen LogP contribution in [0.1, 0.15) is 28.4 Å². The van der Waals surface area contributed by atoms with Crippen LogP contribution in [0.4, 0.5) is 5.69 Å². The summed E-state index contributed by atoms with van der Waals surface area (Å²) in [5.41, 5.74) is 0.675. The van der Waals surface area contributed by atoms with E-state index in [1.807, 2.05) is 0 Å². The number of nitrogens with zero attached hydrogens (tertiary/aromatic N) is 1. The van der Waals surface area contributed by atoms with Gasteiger partial charge in [0, 0.05) is 22.2 Å². The Balaban J connectivity index is 2.24. The number of esters is 1. The lowest BCUT2D eigenvalue weighted by atomic mass is 10.0. The van der Waals surface area contributed by atoms with E-state index >= 15 is 0 Å². The van der Waals surface area contributed by atoms with Crippen LogP contribution < -0.4 is 5.32 Å². The molecule has 130 valence electrons. The summed E-state index contributed by atoms with van der Waals surface area (Å²) in [6, 6.07) is 11.9. The first-order valence-corrected chi connectivity index (χ1v) is 8.07. The monoisotopic (exact) mass is 406 g/mol. The Labute approximate surface area is 152 Å². The normalized spacial score (nSPS) is 11.4. The SMILES string of the molecule is COC(=O)CC(NC(=O)c1cccc([N+](=O)[O-])c1)c1ccc(Br)cc1. The second-order valence-electron chi connectivity index (χ2n) is 5.17. The largest absolute Gasteiger partial charge is 0.469 e. The van der Waals surface area contributed by atoms with Crippen LogP contribution in [0.25, 0.3) is 0 Å². The Morgan fingerprint density at radius 3 is 2.52 bits per heavy atom. The van der Waals surface area contributed by atoms with Gasteiger partial charge in [-0.1, -0.05) is 34.1 Å². The number of hydrogen-bond acceptors (Lipinski definition) is 5. The van der Waals surface area contributed by atoms with Crippen molar-refractivity contribution in [1.82, 2.24) is 5.32 Å². The van der Waals surface area contributed by atoms with Gasteiger partial charge < -0.3 is 10.1 Å². The van der Waals surface area contributed by atoms with E-state index in [4.69, 9.17) is 0 Å². The highest BCUT2D eigenvalue weighted by Gasteiger charge is 2.20. The van der Waals surface area contributed by atoms with Gasteiger partial charge in [-0.25, -0.2) is 0 Å². The van der Waals surface area contributed by atoms with Crippen molar-refractivity contribution >= 4 is 33.5 Å². The van der Waals surface area contributed by atoms with E-state index < -0.39 is 22.8 Å². The van der Waals surface area contributed by atoms with Crippen LogP contribution >= 0.6 is 15.9 Å². The maximum absolute atomic E-state index is 12.4. The predicted molar refractivity (Wildman–Crippen MR) is 94.1 cm³/mol. The number of amides is 1. The Hall–Kier alpha value is -2.74. The van der Waals surface area contributed by atoms with Gasteiger partial charge in [-0.05, 0) is 23.8 Å². The summed E-state index contributed by atoms with van der Waals surface area (Å²) >= 11 is 3.33. The molecule has 1 unspecified atom stereocenters. The molecular formula is C17H15BrN2O5. The highest BCUT2D eigenvalue weighted by molar-refractivity contribution is 9.10. The minimum atomic E-state index is -0.618. The van der Waals surface area contributed by atoms with Gasteiger partial charge in [0.05, 0.1) is 24.5 Å². The molecule has 7 nitrogen and oxygen atoms in total. The van der Waals surface area contributed by atoms with E-state index in [1.54, 1.807) is 24.3 Å². The lowest BCUT2D eigenvalue weighted by Crippen LogP contribution is -2.30. The Bertz CT molecular complexity index is 792. The molecule has 2 aromatic carbocycles. The zero-order chi connectivity index (χ0) is 18.4. The van der Waals surface area contributed by atoms with Crippen LogP contribution in [0, 0.1) is 10.1 Å². The Kier molecular flexibility index (Phi) is 6.24. The molecule has 1 amide bonds. The van der Waals surface area contributed by atoms with Crippen LogP contribution in [0.2, 0.25) is 0 Å². The number of benzene rings is 2. The minimum absolute atomic E-state index is 0.0567. The third-order valence-electron chi connectivity index (χ3n) is 3.50. The zero-order valence-corrected chi connectivity index (χ0v) is 14.9. The van der Waals surface area contributed by atoms with Crippen molar-refractivity contribution in [3.8, 4) is 0 Å². The molecule has 8 heteroatoms. The van der Waals surface area contributed by atoms with E-state index in [9.17, 15) is 19.7 Å². The molecule has 0 saturated heterocycles. The number of non-ortho nitro benzene ring substituents is 1. The molecule has 0 aliphatic carbocycles. The number of nitro groups is 1. The number of methoxy groups -OCH3 is 1. The molecule has 0 aliphatic heterocycles. The molecule has 0 radical (unpaired) electrons. The summed E-state index contributed by atoms with van der Waals surface area (Å²) in [5, 5.41) is 13.6. The zero-order valence-electron chi connectivity index (χ0n) is 13.3. The van der Waals surface area contributed by atoms with Crippen LogP contribution in [0.3, 0.4) is 0 Å². The number of nitro benzene ring substituents is 1. The van der Waals surface area contributed by atoms with Gasteiger partial charge >= 0.3 is 5.97 Å². The maximum atomic E-state index is 12.4. The molecule has 0 heterocycles. The summed E-state index contributed by atoms with van der Waals surface area (Å²) in [6.45, 7) is 0. The van der Waals surface area contributed by atoms with Gasteiger partial charge in [0.2, 0.25) is 0 Å². The van der Waals surface area contributed by atoms with Gasteiger partial charge in [0.25, 0.3) is 11.6 Å². The summed E-state index contributed by atoms with van der Waals surface area (Å²) in [4.78, 5) is 34.4.